The van der Waals surface area contributed by atoms with E-state index in [0.717, 1.165) is 12.6 Å². The van der Waals surface area contributed by atoms with Gasteiger partial charge in [0.1, 0.15) is 0 Å². The summed E-state index contributed by atoms with van der Waals surface area (Å²) < 4.78 is 0. The van der Waals surface area contributed by atoms with E-state index in [1.54, 1.807) is 0 Å². The Kier molecular flexibility index (Phi) is 3.36. The first-order valence-corrected chi connectivity index (χ1v) is 6.56. The second-order valence-electron chi connectivity index (χ2n) is 6.31. The average molecular weight is 210 g/mol. The first-order valence-electron chi connectivity index (χ1n) is 6.56. The highest BCUT2D eigenvalue weighted by molar-refractivity contribution is 4.88. The summed E-state index contributed by atoms with van der Waals surface area (Å²) in [6.07, 6.45) is 8.12. The molecule has 0 aromatic carbocycles. The van der Waals surface area contributed by atoms with Crippen molar-refractivity contribution in [3.8, 4) is 0 Å². The van der Waals surface area contributed by atoms with E-state index in [9.17, 15) is 0 Å². The third kappa shape index (κ3) is 2.94. The molecule has 2 atom stereocenters. The lowest BCUT2D eigenvalue weighted by Gasteiger charge is -2.44. The summed E-state index contributed by atoms with van der Waals surface area (Å²) in [5.74, 6) is 0. The molecule has 2 N–H and O–H groups in total. The van der Waals surface area contributed by atoms with E-state index in [2.05, 4.69) is 18.7 Å². The number of nitrogens with two attached hydrogens (primary N) is 1. The van der Waals surface area contributed by atoms with Crippen LogP contribution in [0.1, 0.15) is 52.4 Å². The zero-order chi connectivity index (χ0) is 10.9. The van der Waals surface area contributed by atoms with Gasteiger partial charge in [0.05, 0.1) is 0 Å². The molecule has 0 radical (unpaired) electrons. The molecule has 1 saturated heterocycles. The van der Waals surface area contributed by atoms with Gasteiger partial charge in [-0.3, -0.25) is 4.90 Å². The maximum absolute atomic E-state index is 6.06. The van der Waals surface area contributed by atoms with Gasteiger partial charge in [-0.2, -0.15) is 0 Å². The fourth-order valence-electron chi connectivity index (χ4n) is 3.34. The van der Waals surface area contributed by atoms with Crippen LogP contribution in [0, 0.1) is 5.41 Å². The zero-order valence-electron chi connectivity index (χ0n) is 10.3. The van der Waals surface area contributed by atoms with E-state index >= 15 is 0 Å². The summed E-state index contributed by atoms with van der Waals surface area (Å²) in [5.41, 5.74) is 6.62. The second kappa shape index (κ2) is 4.42. The SMILES string of the molecule is CC1(C)CCCC(N2CCCC(N)C2)C1. The largest absolute Gasteiger partial charge is 0.327 e. The smallest absolute Gasteiger partial charge is 0.0168 e. The number of rotatable bonds is 1. The molecule has 1 saturated carbocycles. The van der Waals surface area contributed by atoms with Gasteiger partial charge in [-0.25, -0.2) is 0 Å². The summed E-state index contributed by atoms with van der Waals surface area (Å²) in [7, 11) is 0. The van der Waals surface area contributed by atoms with E-state index in [4.69, 9.17) is 5.73 Å². The maximum Gasteiger partial charge on any atom is 0.0168 e. The second-order valence-corrected chi connectivity index (χ2v) is 6.31. The van der Waals surface area contributed by atoms with Crippen molar-refractivity contribution < 1.29 is 0 Å². The molecular formula is C13H26N2. The summed E-state index contributed by atoms with van der Waals surface area (Å²) in [6.45, 7) is 7.27. The van der Waals surface area contributed by atoms with E-state index in [1.807, 2.05) is 0 Å². The lowest BCUT2D eigenvalue weighted by atomic mass is 9.74. The maximum atomic E-state index is 6.06. The molecule has 2 unspecified atom stereocenters. The molecule has 2 nitrogen and oxygen atoms in total. The third-order valence-corrected chi connectivity index (χ3v) is 4.18. The van der Waals surface area contributed by atoms with Gasteiger partial charge in [0.2, 0.25) is 0 Å². The number of nitrogens with zero attached hydrogens (tertiary/aromatic N) is 1. The molecule has 0 bridgehead atoms. The highest BCUT2D eigenvalue weighted by atomic mass is 15.2. The van der Waals surface area contributed by atoms with Gasteiger partial charge in [-0.15, -0.1) is 0 Å². The third-order valence-electron chi connectivity index (χ3n) is 4.18. The van der Waals surface area contributed by atoms with Crippen LogP contribution in [0.3, 0.4) is 0 Å². The monoisotopic (exact) mass is 210 g/mol. The molecule has 0 amide bonds. The molecule has 2 fully saturated rings. The topological polar surface area (TPSA) is 29.3 Å². The van der Waals surface area contributed by atoms with Crippen molar-refractivity contribution >= 4 is 0 Å². The molecule has 0 aromatic heterocycles. The van der Waals surface area contributed by atoms with Gasteiger partial charge in [0.15, 0.2) is 0 Å². The molecule has 0 aromatic rings. The Balaban J connectivity index is 1.92. The minimum Gasteiger partial charge on any atom is -0.327 e. The molecule has 2 rings (SSSR count). The molecular weight excluding hydrogens is 184 g/mol. The Hall–Kier alpha value is -0.0800. The van der Waals surface area contributed by atoms with Gasteiger partial charge in [-0.05, 0) is 44.1 Å². The summed E-state index contributed by atoms with van der Waals surface area (Å²) in [6, 6.07) is 1.25. The molecule has 1 heterocycles. The Morgan fingerprint density at radius 2 is 2.00 bits per heavy atom. The quantitative estimate of drug-likeness (QED) is 0.720. The van der Waals surface area contributed by atoms with Crippen LogP contribution in [0.2, 0.25) is 0 Å². The summed E-state index contributed by atoms with van der Waals surface area (Å²) in [4.78, 5) is 2.66. The highest BCUT2D eigenvalue weighted by Gasteiger charge is 2.32. The van der Waals surface area contributed by atoms with E-state index in [0.29, 0.717) is 11.5 Å². The van der Waals surface area contributed by atoms with Crippen molar-refractivity contribution in [2.75, 3.05) is 13.1 Å². The number of hydrogen-bond donors (Lipinski definition) is 1. The minimum absolute atomic E-state index is 0.434. The fraction of sp³-hybridized carbons (Fsp3) is 1.00. The Morgan fingerprint density at radius 3 is 2.67 bits per heavy atom. The Labute approximate surface area is 94.2 Å². The molecule has 0 spiro atoms. The number of hydrogen-bond acceptors (Lipinski definition) is 2. The van der Waals surface area contributed by atoms with Crippen molar-refractivity contribution in [1.82, 2.24) is 4.90 Å². The number of piperidine rings is 1. The van der Waals surface area contributed by atoms with Crippen LogP contribution in [0.5, 0.6) is 0 Å². The Morgan fingerprint density at radius 1 is 1.20 bits per heavy atom. The normalized spacial score (nSPS) is 37.8. The van der Waals surface area contributed by atoms with Crippen LogP contribution in [-0.4, -0.2) is 30.1 Å². The van der Waals surface area contributed by atoms with Crippen molar-refractivity contribution in [2.24, 2.45) is 11.1 Å². The van der Waals surface area contributed by atoms with E-state index in [-0.39, 0.29) is 0 Å². The van der Waals surface area contributed by atoms with Crippen molar-refractivity contribution in [2.45, 2.75) is 64.5 Å². The minimum atomic E-state index is 0.434. The Bertz CT molecular complexity index is 213. The van der Waals surface area contributed by atoms with Crippen LogP contribution in [0.25, 0.3) is 0 Å². The first kappa shape index (κ1) is 11.4. The van der Waals surface area contributed by atoms with E-state index in [1.165, 1.54) is 45.1 Å². The number of likely N-dealkylation sites (tertiary alicyclic amines) is 1. The lowest BCUT2D eigenvalue weighted by Crippen LogP contribution is -2.49. The fourth-order valence-corrected chi connectivity index (χ4v) is 3.34. The van der Waals surface area contributed by atoms with Crippen LogP contribution in [-0.2, 0) is 0 Å². The van der Waals surface area contributed by atoms with E-state index < -0.39 is 0 Å². The van der Waals surface area contributed by atoms with Gasteiger partial charge in [0, 0.05) is 18.6 Å². The molecule has 1 aliphatic carbocycles. The van der Waals surface area contributed by atoms with Crippen molar-refractivity contribution in [3.63, 3.8) is 0 Å². The van der Waals surface area contributed by atoms with Crippen LogP contribution >= 0.6 is 0 Å². The van der Waals surface area contributed by atoms with Crippen LogP contribution in [0.4, 0.5) is 0 Å². The van der Waals surface area contributed by atoms with Crippen molar-refractivity contribution in [1.29, 1.82) is 0 Å². The standard InChI is InChI=1S/C13H26N2/c1-13(2)7-3-6-12(9-13)15-8-4-5-11(14)10-15/h11-12H,3-10,14H2,1-2H3. The highest BCUT2D eigenvalue weighted by Crippen LogP contribution is 2.37. The van der Waals surface area contributed by atoms with Crippen LogP contribution < -0.4 is 5.73 Å². The molecule has 1 aliphatic heterocycles. The first-order chi connectivity index (χ1) is 7.07. The molecule has 2 heteroatoms. The van der Waals surface area contributed by atoms with Gasteiger partial charge < -0.3 is 5.73 Å². The summed E-state index contributed by atoms with van der Waals surface area (Å²) in [5, 5.41) is 0. The van der Waals surface area contributed by atoms with Gasteiger partial charge in [-0.1, -0.05) is 20.3 Å². The zero-order valence-corrected chi connectivity index (χ0v) is 10.3. The predicted octanol–water partition coefficient (Wildman–Crippen LogP) is 2.38. The molecule has 88 valence electrons. The summed E-state index contributed by atoms with van der Waals surface area (Å²) >= 11 is 0. The predicted molar refractivity (Wildman–Crippen MR) is 64.8 cm³/mol. The van der Waals surface area contributed by atoms with Crippen molar-refractivity contribution in [3.05, 3.63) is 0 Å². The molecule has 15 heavy (non-hydrogen) atoms. The average Bonchev–Trinajstić information content (AvgIpc) is 2.16. The lowest BCUT2D eigenvalue weighted by molar-refractivity contribution is 0.0730. The van der Waals surface area contributed by atoms with Gasteiger partial charge in [0.25, 0.3) is 0 Å². The molecule has 2 aliphatic rings. The van der Waals surface area contributed by atoms with Crippen LogP contribution in [0.15, 0.2) is 0 Å². The van der Waals surface area contributed by atoms with Gasteiger partial charge >= 0.3 is 0 Å².